The molecule has 0 aliphatic carbocycles. The van der Waals surface area contributed by atoms with E-state index in [0.717, 1.165) is 5.56 Å². The molecule has 0 aliphatic rings. The molecule has 0 radical (unpaired) electrons. The van der Waals surface area contributed by atoms with Crippen molar-refractivity contribution in [2.24, 2.45) is 0 Å². The fourth-order valence-electron chi connectivity index (χ4n) is 1.65. The highest BCUT2D eigenvalue weighted by Gasteiger charge is 2.21. The van der Waals surface area contributed by atoms with Crippen molar-refractivity contribution in [2.75, 3.05) is 0 Å². The van der Waals surface area contributed by atoms with Gasteiger partial charge in [-0.1, -0.05) is 58.0 Å². The lowest BCUT2D eigenvalue weighted by atomic mass is 10.0. The van der Waals surface area contributed by atoms with Crippen LogP contribution >= 0.6 is 58.0 Å². The molecule has 7 heteroatoms. The Morgan fingerprint density at radius 3 is 1.89 bits per heavy atom. The third-order valence-electron chi connectivity index (χ3n) is 2.61. The van der Waals surface area contributed by atoms with Gasteiger partial charge in [-0.25, -0.2) is 0 Å². The van der Waals surface area contributed by atoms with Crippen molar-refractivity contribution in [3.8, 4) is 11.1 Å². The number of aryl methyl sites for hydroxylation is 1. The lowest BCUT2D eigenvalue weighted by molar-refractivity contribution is 1.20. The Morgan fingerprint density at radius 2 is 1.37 bits per heavy atom. The summed E-state index contributed by atoms with van der Waals surface area (Å²) in [6.45, 7) is 1.80. The largest absolute Gasteiger partial charge is 0.329 e. The zero-order valence-corrected chi connectivity index (χ0v) is 13.2. The molecule has 0 unspecified atom stereocenters. The number of halogens is 5. The molecule has 100 valence electrons. The average Bonchev–Trinajstić information content (AvgIpc) is 2.38. The van der Waals surface area contributed by atoms with Gasteiger partial charge in [-0.2, -0.15) is 0 Å². The van der Waals surface area contributed by atoms with Crippen LogP contribution in [-0.4, -0.2) is 4.98 Å². The van der Waals surface area contributed by atoms with E-state index in [1.165, 1.54) is 6.07 Å². The van der Waals surface area contributed by atoms with E-state index in [2.05, 4.69) is 4.98 Å². The van der Waals surface area contributed by atoms with Crippen LogP contribution in [0.15, 0.2) is 17.1 Å². The Balaban J connectivity index is 2.91. The van der Waals surface area contributed by atoms with Crippen LogP contribution in [-0.2, 0) is 0 Å². The van der Waals surface area contributed by atoms with Crippen LogP contribution in [0, 0.1) is 6.92 Å². The number of H-pyrrole nitrogens is 1. The molecule has 0 saturated carbocycles. The number of rotatable bonds is 1. The molecule has 0 bridgehead atoms. The van der Waals surface area contributed by atoms with Crippen molar-refractivity contribution in [1.82, 2.24) is 4.98 Å². The molecule has 19 heavy (non-hydrogen) atoms. The van der Waals surface area contributed by atoms with Crippen molar-refractivity contribution in [3.05, 3.63) is 53.3 Å². The van der Waals surface area contributed by atoms with E-state index < -0.39 is 0 Å². The number of aromatic amines is 1. The first-order chi connectivity index (χ1) is 8.84. The van der Waals surface area contributed by atoms with E-state index in [-0.39, 0.29) is 30.7 Å². The summed E-state index contributed by atoms with van der Waals surface area (Å²) in [6.07, 6.45) is 1.56. The second-order valence-corrected chi connectivity index (χ2v) is 5.73. The third-order valence-corrected chi connectivity index (χ3v) is 4.89. The minimum atomic E-state index is -0.282. The van der Waals surface area contributed by atoms with Gasteiger partial charge in [0.1, 0.15) is 0 Å². The molecule has 1 heterocycles. The predicted octanol–water partition coefficient (Wildman–Crippen LogP) is 5.62. The van der Waals surface area contributed by atoms with Crippen LogP contribution in [0.5, 0.6) is 0 Å². The first kappa shape index (κ1) is 15.0. The van der Waals surface area contributed by atoms with Crippen LogP contribution in [0.1, 0.15) is 5.56 Å². The molecule has 0 aliphatic heterocycles. The molecule has 2 rings (SSSR count). The van der Waals surface area contributed by atoms with Gasteiger partial charge in [-0.05, 0) is 18.1 Å². The fraction of sp³-hybridized carbons (Fsp3) is 0.0833. The first-order valence-corrected chi connectivity index (χ1v) is 6.94. The Morgan fingerprint density at radius 1 is 0.895 bits per heavy atom. The minimum absolute atomic E-state index is 0.0876. The predicted molar refractivity (Wildman–Crippen MR) is 82.3 cm³/mol. The van der Waals surface area contributed by atoms with Crippen molar-refractivity contribution in [3.63, 3.8) is 0 Å². The Kier molecular flexibility index (Phi) is 4.38. The summed E-state index contributed by atoms with van der Waals surface area (Å²) in [5.74, 6) is 0. The summed E-state index contributed by atoms with van der Waals surface area (Å²) >= 11 is 30.3. The van der Waals surface area contributed by atoms with Gasteiger partial charge >= 0.3 is 0 Å². The van der Waals surface area contributed by atoms with E-state index in [4.69, 9.17) is 58.0 Å². The topological polar surface area (TPSA) is 32.9 Å². The lowest BCUT2D eigenvalue weighted by Gasteiger charge is -2.14. The maximum atomic E-state index is 11.4. The SMILES string of the molecule is Cc1c[nH]c(=O)cc1-c1c(Cl)c(Cl)c(Cl)c(Cl)c1Cl. The van der Waals surface area contributed by atoms with Gasteiger partial charge in [0.05, 0.1) is 25.1 Å². The molecule has 0 saturated heterocycles. The summed E-state index contributed by atoms with van der Waals surface area (Å²) < 4.78 is 0. The Bertz CT molecular complexity index is 694. The summed E-state index contributed by atoms with van der Waals surface area (Å²) in [6, 6.07) is 1.38. The van der Waals surface area contributed by atoms with E-state index in [9.17, 15) is 4.79 Å². The summed E-state index contributed by atoms with van der Waals surface area (Å²) in [7, 11) is 0. The molecule has 1 aromatic carbocycles. The number of nitrogens with one attached hydrogen (secondary N) is 1. The molecule has 1 N–H and O–H groups in total. The molecule has 0 amide bonds. The summed E-state index contributed by atoms with van der Waals surface area (Å²) in [5, 5.41) is 0.619. The van der Waals surface area contributed by atoms with Gasteiger partial charge in [-0.3, -0.25) is 4.79 Å². The maximum Gasteiger partial charge on any atom is 0.248 e. The van der Waals surface area contributed by atoms with Crippen molar-refractivity contribution in [2.45, 2.75) is 6.92 Å². The van der Waals surface area contributed by atoms with E-state index in [1.54, 1.807) is 13.1 Å². The van der Waals surface area contributed by atoms with E-state index in [1.807, 2.05) is 0 Å². The van der Waals surface area contributed by atoms with Crippen LogP contribution in [0.2, 0.25) is 25.1 Å². The first-order valence-electron chi connectivity index (χ1n) is 5.05. The lowest BCUT2D eigenvalue weighted by Crippen LogP contribution is -2.05. The van der Waals surface area contributed by atoms with Gasteiger partial charge in [0.25, 0.3) is 0 Å². The van der Waals surface area contributed by atoms with Gasteiger partial charge in [0.2, 0.25) is 5.56 Å². The number of benzene rings is 1. The number of pyridine rings is 1. The summed E-state index contributed by atoms with van der Waals surface area (Å²) in [5.41, 5.74) is 1.44. The van der Waals surface area contributed by atoms with Gasteiger partial charge in [-0.15, -0.1) is 0 Å². The minimum Gasteiger partial charge on any atom is -0.329 e. The van der Waals surface area contributed by atoms with Crippen molar-refractivity contribution in [1.29, 1.82) is 0 Å². The van der Waals surface area contributed by atoms with E-state index >= 15 is 0 Å². The molecule has 0 atom stereocenters. The second-order valence-electron chi connectivity index (χ2n) is 3.84. The van der Waals surface area contributed by atoms with Crippen LogP contribution in [0.3, 0.4) is 0 Å². The second kappa shape index (κ2) is 5.55. The molecular weight excluding hydrogens is 351 g/mol. The van der Waals surface area contributed by atoms with E-state index in [0.29, 0.717) is 11.1 Å². The van der Waals surface area contributed by atoms with Crippen LogP contribution < -0.4 is 5.56 Å². The van der Waals surface area contributed by atoms with Crippen LogP contribution in [0.4, 0.5) is 0 Å². The monoisotopic (exact) mass is 355 g/mol. The number of aromatic nitrogens is 1. The highest BCUT2D eigenvalue weighted by molar-refractivity contribution is 6.56. The van der Waals surface area contributed by atoms with Crippen LogP contribution in [0.25, 0.3) is 11.1 Å². The van der Waals surface area contributed by atoms with Gasteiger partial charge in [0.15, 0.2) is 0 Å². The molecule has 0 spiro atoms. The molecule has 0 fully saturated rings. The number of hydrogen-bond donors (Lipinski definition) is 1. The average molecular weight is 357 g/mol. The Labute approximate surface area is 134 Å². The molecule has 1 aromatic heterocycles. The third kappa shape index (κ3) is 2.61. The fourth-order valence-corrected chi connectivity index (χ4v) is 3.00. The molecule has 2 nitrogen and oxygen atoms in total. The Hall–Kier alpha value is -0.380. The summed E-state index contributed by atoms with van der Waals surface area (Å²) in [4.78, 5) is 14.0. The molecular formula is C12H6Cl5NO. The van der Waals surface area contributed by atoms with Gasteiger partial charge < -0.3 is 4.98 Å². The standard InChI is InChI=1S/C12H6Cl5NO/c1-4-3-18-6(19)2-5(4)7-8(13)10(15)12(17)11(16)9(7)14/h2-3H,1H3,(H,18,19). The zero-order chi connectivity index (χ0) is 14.3. The smallest absolute Gasteiger partial charge is 0.248 e. The van der Waals surface area contributed by atoms with Crippen molar-refractivity contribution >= 4 is 58.0 Å². The number of hydrogen-bond acceptors (Lipinski definition) is 1. The zero-order valence-electron chi connectivity index (χ0n) is 9.45. The molecule has 2 aromatic rings. The quantitative estimate of drug-likeness (QED) is 0.522. The maximum absolute atomic E-state index is 11.4. The van der Waals surface area contributed by atoms with Gasteiger partial charge in [0, 0.05) is 17.8 Å². The highest BCUT2D eigenvalue weighted by Crippen LogP contribution is 2.48. The van der Waals surface area contributed by atoms with Crippen molar-refractivity contribution < 1.29 is 0 Å². The highest BCUT2D eigenvalue weighted by atomic mass is 35.5. The normalized spacial score (nSPS) is 10.8.